The van der Waals surface area contributed by atoms with Crippen LogP contribution in [-0.4, -0.2) is 10.9 Å². The summed E-state index contributed by atoms with van der Waals surface area (Å²) >= 11 is 0. The van der Waals surface area contributed by atoms with Gasteiger partial charge in [-0.15, -0.1) is 0 Å². The average Bonchev–Trinajstić information content (AvgIpc) is 2.52. The average molecular weight is 355 g/mol. The van der Waals surface area contributed by atoms with Gasteiger partial charge in [0.15, 0.2) is 0 Å². The summed E-state index contributed by atoms with van der Waals surface area (Å²) in [6.45, 7) is 0. The first-order chi connectivity index (χ1) is 11.7. The molecule has 0 amide bonds. The quantitative estimate of drug-likeness (QED) is 0.204. The summed E-state index contributed by atoms with van der Waals surface area (Å²) in [5.41, 5.74) is -1.45. The molecular weight excluding hydrogens is 346 g/mol. The van der Waals surface area contributed by atoms with E-state index in [1.807, 2.05) is 0 Å². The zero-order chi connectivity index (χ0) is 18.6. The molecule has 0 aliphatic heterocycles. The molecule has 0 radical (unpaired) electrons. The number of ether oxygens (including phenoxy) is 1. The standard InChI is InChI=1S/C16H9F4NO4/c17-12-5-6-13(21(23)24)14(9-12)25-15(22)7-4-10-2-1-3-11(8-10)16(18,19)20/h1-9H/b7-4+. The van der Waals surface area contributed by atoms with Crippen LogP contribution in [0.1, 0.15) is 11.1 Å². The minimum absolute atomic E-state index is 0.0699. The van der Waals surface area contributed by atoms with E-state index in [0.29, 0.717) is 6.07 Å². The number of hydrogen-bond acceptors (Lipinski definition) is 4. The van der Waals surface area contributed by atoms with Crippen molar-refractivity contribution in [3.63, 3.8) is 0 Å². The summed E-state index contributed by atoms with van der Waals surface area (Å²) in [6, 6.07) is 6.48. The lowest BCUT2D eigenvalue weighted by Gasteiger charge is -2.06. The van der Waals surface area contributed by atoms with Crippen LogP contribution >= 0.6 is 0 Å². The first-order valence-electron chi connectivity index (χ1n) is 6.68. The fourth-order valence-electron chi connectivity index (χ4n) is 1.85. The molecule has 25 heavy (non-hydrogen) atoms. The summed E-state index contributed by atoms with van der Waals surface area (Å²) in [4.78, 5) is 21.6. The SMILES string of the molecule is O=C(/C=C/c1cccc(C(F)(F)F)c1)Oc1cc(F)ccc1[N+](=O)[O-]. The maximum Gasteiger partial charge on any atom is 0.416 e. The normalized spacial score (nSPS) is 11.5. The Balaban J connectivity index is 2.17. The number of carbonyl (C=O) groups excluding carboxylic acids is 1. The molecule has 0 atom stereocenters. The molecular formula is C16H9F4NO4. The topological polar surface area (TPSA) is 69.4 Å². The summed E-state index contributed by atoms with van der Waals surface area (Å²) in [5.74, 6) is -2.56. The molecule has 0 bridgehead atoms. The molecule has 0 saturated carbocycles. The van der Waals surface area contributed by atoms with Crippen molar-refractivity contribution in [2.75, 3.05) is 0 Å². The molecule has 0 N–H and O–H groups in total. The smallest absolute Gasteiger partial charge is 0.416 e. The first-order valence-corrected chi connectivity index (χ1v) is 6.68. The molecule has 5 nitrogen and oxygen atoms in total. The Bertz CT molecular complexity index is 846. The van der Waals surface area contributed by atoms with Gasteiger partial charge in [0.1, 0.15) is 5.82 Å². The molecule has 0 fully saturated rings. The van der Waals surface area contributed by atoms with Gasteiger partial charge in [0.2, 0.25) is 5.75 Å². The fourth-order valence-corrected chi connectivity index (χ4v) is 1.85. The van der Waals surface area contributed by atoms with Crippen molar-refractivity contribution in [2.45, 2.75) is 6.18 Å². The lowest BCUT2D eigenvalue weighted by molar-refractivity contribution is -0.385. The van der Waals surface area contributed by atoms with Crippen LogP contribution in [0.2, 0.25) is 0 Å². The second-order valence-corrected chi connectivity index (χ2v) is 4.75. The van der Waals surface area contributed by atoms with Crippen molar-refractivity contribution in [1.82, 2.24) is 0 Å². The van der Waals surface area contributed by atoms with Crippen LogP contribution in [-0.2, 0) is 11.0 Å². The highest BCUT2D eigenvalue weighted by Crippen LogP contribution is 2.30. The van der Waals surface area contributed by atoms with E-state index in [0.717, 1.165) is 42.5 Å². The van der Waals surface area contributed by atoms with Crippen LogP contribution in [0.15, 0.2) is 48.5 Å². The Hall–Kier alpha value is -3.23. The van der Waals surface area contributed by atoms with E-state index in [9.17, 15) is 32.5 Å². The van der Waals surface area contributed by atoms with Gasteiger partial charge in [0.25, 0.3) is 0 Å². The lowest BCUT2D eigenvalue weighted by Crippen LogP contribution is -2.06. The van der Waals surface area contributed by atoms with Gasteiger partial charge in [0, 0.05) is 18.2 Å². The van der Waals surface area contributed by atoms with E-state index in [1.54, 1.807) is 0 Å². The van der Waals surface area contributed by atoms with Crippen LogP contribution in [0.5, 0.6) is 5.75 Å². The van der Waals surface area contributed by atoms with Gasteiger partial charge >= 0.3 is 17.8 Å². The highest BCUT2D eigenvalue weighted by atomic mass is 19.4. The number of benzene rings is 2. The van der Waals surface area contributed by atoms with Crippen molar-refractivity contribution in [1.29, 1.82) is 0 Å². The van der Waals surface area contributed by atoms with E-state index in [2.05, 4.69) is 4.74 Å². The number of alkyl halides is 3. The molecule has 0 spiro atoms. The molecule has 0 aliphatic carbocycles. The Morgan fingerprint density at radius 1 is 1.16 bits per heavy atom. The van der Waals surface area contributed by atoms with Crippen molar-refractivity contribution in [3.05, 3.63) is 75.6 Å². The van der Waals surface area contributed by atoms with Gasteiger partial charge in [-0.25, -0.2) is 9.18 Å². The highest BCUT2D eigenvalue weighted by Gasteiger charge is 2.30. The van der Waals surface area contributed by atoms with Crippen LogP contribution < -0.4 is 4.74 Å². The predicted molar refractivity (Wildman–Crippen MR) is 79.2 cm³/mol. The number of halogens is 4. The van der Waals surface area contributed by atoms with E-state index >= 15 is 0 Å². The molecule has 2 rings (SSSR count). The molecule has 0 aliphatic rings. The summed E-state index contributed by atoms with van der Waals surface area (Å²) in [6.07, 6.45) is -2.71. The molecule has 0 saturated heterocycles. The number of nitro groups is 1. The van der Waals surface area contributed by atoms with Crippen molar-refractivity contribution < 1.29 is 32.0 Å². The maximum absolute atomic E-state index is 13.1. The molecule has 0 unspecified atom stereocenters. The molecule has 130 valence electrons. The van der Waals surface area contributed by atoms with Crippen LogP contribution in [0.25, 0.3) is 6.08 Å². The van der Waals surface area contributed by atoms with Crippen LogP contribution in [0.4, 0.5) is 23.2 Å². The maximum atomic E-state index is 13.1. The number of carbonyl (C=O) groups is 1. The van der Waals surface area contributed by atoms with Crippen molar-refractivity contribution in [2.24, 2.45) is 0 Å². The van der Waals surface area contributed by atoms with Gasteiger partial charge in [-0.05, 0) is 29.8 Å². The third kappa shape index (κ3) is 4.87. The zero-order valence-corrected chi connectivity index (χ0v) is 12.3. The predicted octanol–water partition coefficient (Wildman–Crippen LogP) is 4.37. The molecule has 0 heterocycles. The van der Waals surface area contributed by atoms with Gasteiger partial charge in [-0.1, -0.05) is 12.1 Å². The summed E-state index contributed by atoms with van der Waals surface area (Å²) < 4.78 is 55.6. The third-order valence-electron chi connectivity index (χ3n) is 2.95. The minimum Gasteiger partial charge on any atom is -0.416 e. The van der Waals surface area contributed by atoms with E-state index in [4.69, 9.17) is 0 Å². The van der Waals surface area contributed by atoms with Gasteiger partial charge in [-0.2, -0.15) is 13.2 Å². The largest absolute Gasteiger partial charge is 0.416 e. The Morgan fingerprint density at radius 3 is 2.52 bits per heavy atom. The second kappa shape index (κ2) is 7.12. The van der Waals surface area contributed by atoms with E-state index in [1.165, 1.54) is 6.07 Å². The number of hydrogen-bond donors (Lipinski definition) is 0. The van der Waals surface area contributed by atoms with E-state index < -0.39 is 39.9 Å². The number of nitrogens with zero attached hydrogens (tertiary/aromatic N) is 1. The second-order valence-electron chi connectivity index (χ2n) is 4.75. The molecule has 2 aromatic carbocycles. The Kier molecular flexibility index (Phi) is 5.16. The first kappa shape index (κ1) is 18.1. The highest BCUT2D eigenvalue weighted by molar-refractivity contribution is 5.89. The Morgan fingerprint density at radius 2 is 1.88 bits per heavy atom. The van der Waals surface area contributed by atoms with Gasteiger partial charge in [0.05, 0.1) is 10.5 Å². The lowest BCUT2D eigenvalue weighted by atomic mass is 10.1. The number of nitro benzene ring substituents is 1. The zero-order valence-electron chi connectivity index (χ0n) is 12.3. The summed E-state index contributed by atoms with van der Waals surface area (Å²) in [5, 5.41) is 10.8. The van der Waals surface area contributed by atoms with Gasteiger partial charge in [-0.3, -0.25) is 10.1 Å². The van der Waals surface area contributed by atoms with Crippen LogP contribution in [0.3, 0.4) is 0 Å². The van der Waals surface area contributed by atoms with E-state index in [-0.39, 0.29) is 5.56 Å². The fraction of sp³-hybridized carbons (Fsp3) is 0.0625. The van der Waals surface area contributed by atoms with Crippen LogP contribution in [0, 0.1) is 15.9 Å². The van der Waals surface area contributed by atoms with Crippen molar-refractivity contribution >= 4 is 17.7 Å². The van der Waals surface area contributed by atoms with Gasteiger partial charge < -0.3 is 4.74 Å². The Labute approximate surface area is 138 Å². The number of rotatable bonds is 4. The monoisotopic (exact) mass is 355 g/mol. The molecule has 9 heteroatoms. The third-order valence-corrected chi connectivity index (χ3v) is 2.95. The van der Waals surface area contributed by atoms with Crippen molar-refractivity contribution in [3.8, 4) is 5.75 Å². The molecule has 2 aromatic rings. The number of esters is 1. The minimum atomic E-state index is -4.54. The molecule has 0 aromatic heterocycles. The summed E-state index contributed by atoms with van der Waals surface area (Å²) in [7, 11) is 0.